The summed E-state index contributed by atoms with van der Waals surface area (Å²) in [6.07, 6.45) is 0. The molecule has 1 fully saturated rings. The molecule has 3 N–H and O–H groups in total. The van der Waals surface area contributed by atoms with Gasteiger partial charge in [0.15, 0.2) is 0 Å². The molecule has 0 bridgehead atoms. The summed E-state index contributed by atoms with van der Waals surface area (Å²) in [5.41, 5.74) is 7.02. The number of hydrogen-bond acceptors (Lipinski definition) is 5. The Morgan fingerprint density at radius 1 is 1.30 bits per heavy atom. The Labute approximate surface area is 125 Å². The van der Waals surface area contributed by atoms with E-state index in [4.69, 9.17) is 5.73 Å². The zero-order valence-corrected chi connectivity index (χ0v) is 13.3. The van der Waals surface area contributed by atoms with Crippen molar-refractivity contribution in [3.05, 3.63) is 23.8 Å². The average molecular weight is 315 g/mol. The molecule has 0 aromatic heterocycles. The maximum Gasteiger partial charge on any atom is 0.240 e. The maximum atomic E-state index is 12.2. The third-order valence-electron chi connectivity index (χ3n) is 3.21. The fourth-order valence-electron chi connectivity index (χ4n) is 2.18. The second-order valence-electron chi connectivity index (χ2n) is 4.93. The standard InChI is InChI=1S/C13H21N3O2S2/c1-11-8-12(14)10-13(9-11)20(17,18)15-2-3-16-4-6-19-7-5-16/h8-10,15H,2-7,14H2,1H3. The van der Waals surface area contributed by atoms with Gasteiger partial charge in [-0.25, -0.2) is 13.1 Å². The number of aryl methyl sites for hydroxylation is 1. The van der Waals surface area contributed by atoms with Crippen LogP contribution < -0.4 is 10.5 Å². The first kappa shape index (κ1) is 15.6. The Morgan fingerprint density at radius 3 is 2.65 bits per heavy atom. The lowest BCUT2D eigenvalue weighted by atomic mass is 10.2. The number of benzene rings is 1. The number of nitrogens with two attached hydrogens (primary N) is 1. The fraction of sp³-hybridized carbons (Fsp3) is 0.538. The Balaban J connectivity index is 1.93. The number of hydrogen-bond donors (Lipinski definition) is 2. The van der Waals surface area contributed by atoms with Crippen LogP contribution in [0.1, 0.15) is 5.56 Å². The molecule has 0 unspecified atom stereocenters. The van der Waals surface area contributed by atoms with Gasteiger partial charge >= 0.3 is 0 Å². The summed E-state index contributed by atoms with van der Waals surface area (Å²) in [7, 11) is -3.47. The Bertz CT molecular complexity index is 534. The van der Waals surface area contributed by atoms with Gasteiger partial charge in [-0.15, -0.1) is 0 Å². The quantitative estimate of drug-likeness (QED) is 0.790. The van der Waals surface area contributed by atoms with E-state index in [2.05, 4.69) is 9.62 Å². The third kappa shape index (κ3) is 4.37. The van der Waals surface area contributed by atoms with E-state index in [-0.39, 0.29) is 4.90 Å². The van der Waals surface area contributed by atoms with Crippen LogP contribution in [0, 0.1) is 6.92 Å². The molecule has 2 rings (SSSR count). The number of thioether (sulfide) groups is 1. The lowest BCUT2D eigenvalue weighted by Gasteiger charge is -2.25. The Morgan fingerprint density at radius 2 is 2.00 bits per heavy atom. The lowest BCUT2D eigenvalue weighted by molar-refractivity contribution is 0.307. The van der Waals surface area contributed by atoms with Crippen molar-refractivity contribution in [3.8, 4) is 0 Å². The lowest BCUT2D eigenvalue weighted by Crippen LogP contribution is -2.39. The molecule has 7 heteroatoms. The van der Waals surface area contributed by atoms with Crippen LogP contribution in [-0.2, 0) is 10.0 Å². The van der Waals surface area contributed by atoms with Crippen LogP contribution >= 0.6 is 11.8 Å². The molecule has 0 spiro atoms. The molecule has 1 aliphatic rings. The smallest absolute Gasteiger partial charge is 0.240 e. The second-order valence-corrected chi connectivity index (χ2v) is 7.92. The number of rotatable bonds is 5. The monoisotopic (exact) mass is 315 g/mol. The summed E-state index contributed by atoms with van der Waals surface area (Å²) in [5, 5.41) is 0. The van der Waals surface area contributed by atoms with Crippen LogP contribution in [0.2, 0.25) is 0 Å². The largest absolute Gasteiger partial charge is 0.399 e. The minimum absolute atomic E-state index is 0.240. The molecular weight excluding hydrogens is 294 g/mol. The van der Waals surface area contributed by atoms with E-state index in [0.29, 0.717) is 12.2 Å². The molecule has 0 amide bonds. The topological polar surface area (TPSA) is 75.4 Å². The molecule has 1 aromatic carbocycles. The van der Waals surface area contributed by atoms with Gasteiger partial charge in [-0.05, 0) is 30.7 Å². The molecule has 0 atom stereocenters. The molecule has 1 aliphatic heterocycles. The first-order chi connectivity index (χ1) is 9.47. The molecule has 0 saturated carbocycles. The molecule has 20 heavy (non-hydrogen) atoms. The summed E-state index contributed by atoms with van der Waals surface area (Å²) in [5.74, 6) is 2.25. The van der Waals surface area contributed by atoms with E-state index in [1.807, 2.05) is 18.7 Å². The predicted molar refractivity (Wildman–Crippen MR) is 84.5 cm³/mol. The van der Waals surface area contributed by atoms with Crippen molar-refractivity contribution >= 4 is 27.5 Å². The molecule has 112 valence electrons. The minimum atomic E-state index is -3.47. The van der Waals surface area contributed by atoms with Gasteiger partial charge in [-0.3, -0.25) is 0 Å². The number of nitrogens with zero attached hydrogens (tertiary/aromatic N) is 1. The van der Waals surface area contributed by atoms with Crippen molar-refractivity contribution in [3.63, 3.8) is 0 Å². The van der Waals surface area contributed by atoms with Crippen LogP contribution in [0.25, 0.3) is 0 Å². The fourth-order valence-corrected chi connectivity index (χ4v) is 4.32. The summed E-state index contributed by atoms with van der Waals surface area (Å²) in [4.78, 5) is 2.52. The molecular formula is C13H21N3O2S2. The van der Waals surface area contributed by atoms with Gasteiger partial charge in [-0.2, -0.15) is 11.8 Å². The molecule has 5 nitrogen and oxygen atoms in total. The number of nitrogens with one attached hydrogen (secondary N) is 1. The molecule has 1 aromatic rings. The zero-order chi connectivity index (χ0) is 14.6. The van der Waals surface area contributed by atoms with Crippen molar-refractivity contribution in [2.45, 2.75) is 11.8 Å². The van der Waals surface area contributed by atoms with E-state index < -0.39 is 10.0 Å². The maximum absolute atomic E-state index is 12.2. The van der Waals surface area contributed by atoms with Gasteiger partial charge < -0.3 is 10.6 Å². The number of nitrogen functional groups attached to an aromatic ring is 1. The third-order valence-corrected chi connectivity index (χ3v) is 5.59. The van der Waals surface area contributed by atoms with E-state index >= 15 is 0 Å². The van der Waals surface area contributed by atoms with Gasteiger partial charge in [0.25, 0.3) is 0 Å². The summed E-state index contributed by atoms with van der Waals surface area (Å²) in [6.45, 7) is 5.08. The van der Waals surface area contributed by atoms with Gasteiger partial charge in [0.05, 0.1) is 4.90 Å². The van der Waals surface area contributed by atoms with Gasteiger partial charge in [0, 0.05) is 43.4 Å². The number of sulfonamides is 1. The molecule has 0 radical (unpaired) electrons. The van der Waals surface area contributed by atoms with Crippen molar-refractivity contribution < 1.29 is 8.42 Å². The van der Waals surface area contributed by atoms with Crippen molar-refractivity contribution in [1.29, 1.82) is 0 Å². The van der Waals surface area contributed by atoms with Crippen LogP contribution in [0.15, 0.2) is 23.1 Å². The number of anilines is 1. The van der Waals surface area contributed by atoms with Crippen LogP contribution in [0.4, 0.5) is 5.69 Å². The Kier molecular flexibility index (Phi) is 5.31. The Hall–Kier alpha value is -0.760. The minimum Gasteiger partial charge on any atom is -0.399 e. The highest BCUT2D eigenvalue weighted by Crippen LogP contribution is 2.16. The summed E-state index contributed by atoms with van der Waals surface area (Å²) < 4.78 is 27.0. The first-order valence-electron chi connectivity index (χ1n) is 6.64. The second kappa shape index (κ2) is 6.80. The summed E-state index contributed by atoms with van der Waals surface area (Å²) in [6, 6.07) is 4.88. The van der Waals surface area contributed by atoms with Gasteiger partial charge in [0.2, 0.25) is 10.0 Å². The van der Waals surface area contributed by atoms with Crippen LogP contribution in [0.5, 0.6) is 0 Å². The van der Waals surface area contributed by atoms with E-state index in [1.165, 1.54) is 6.07 Å². The van der Waals surface area contributed by atoms with Crippen LogP contribution in [0.3, 0.4) is 0 Å². The van der Waals surface area contributed by atoms with E-state index in [1.54, 1.807) is 12.1 Å². The van der Waals surface area contributed by atoms with Crippen molar-refractivity contribution in [2.24, 2.45) is 0 Å². The van der Waals surface area contributed by atoms with Gasteiger partial charge in [0.1, 0.15) is 0 Å². The summed E-state index contributed by atoms with van der Waals surface area (Å²) >= 11 is 1.94. The van der Waals surface area contributed by atoms with Gasteiger partial charge in [-0.1, -0.05) is 0 Å². The molecule has 1 heterocycles. The van der Waals surface area contributed by atoms with E-state index in [0.717, 1.165) is 36.7 Å². The highest BCUT2D eigenvalue weighted by molar-refractivity contribution is 7.99. The highest BCUT2D eigenvalue weighted by Gasteiger charge is 2.16. The zero-order valence-electron chi connectivity index (χ0n) is 11.6. The highest BCUT2D eigenvalue weighted by atomic mass is 32.2. The predicted octanol–water partition coefficient (Wildman–Crippen LogP) is 0.904. The van der Waals surface area contributed by atoms with Crippen molar-refractivity contribution in [2.75, 3.05) is 43.4 Å². The van der Waals surface area contributed by atoms with Crippen molar-refractivity contribution in [1.82, 2.24) is 9.62 Å². The average Bonchev–Trinajstić information content (AvgIpc) is 2.38. The molecule has 1 saturated heterocycles. The normalized spacial score (nSPS) is 17.2. The SMILES string of the molecule is Cc1cc(N)cc(S(=O)(=O)NCCN2CCSCC2)c1. The van der Waals surface area contributed by atoms with Crippen LogP contribution in [-0.4, -0.2) is 51.0 Å². The first-order valence-corrected chi connectivity index (χ1v) is 9.28. The van der Waals surface area contributed by atoms with E-state index in [9.17, 15) is 8.42 Å². The molecule has 0 aliphatic carbocycles.